The molecule has 3 rings (SSSR count). The van der Waals surface area contributed by atoms with Gasteiger partial charge in [-0.1, -0.05) is 69.3 Å². The number of allylic oxidation sites excluding steroid dienone is 1. The maximum absolute atomic E-state index is 13.2. The highest BCUT2D eigenvalue weighted by atomic mass is 16.5. The van der Waals surface area contributed by atoms with Crippen molar-refractivity contribution in [1.29, 1.82) is 5.26 Å². The van der Waals surface area contributed by atoms with E-state index in [2.05, 4.69) is 6.07 Å². The summed E-state index contributed by atoms with van der Waals surface area (Å²) in [5, 5.41) is 10.1. The van der Waals surface area contributed by atoms with E-state index in [0.717, 1.165) is 5.56 Å². The van der Waals surface area contributed by atoms with E-state index in [9.17, 15) is 14.9 Å². The van der Waals surface area contributed by atoms with Gasteiger partial charge in [0.2, 0.25) is 0 Å². The Morgan fingerprint density at radius 2 is 1.55 bits per heavy atom. The number of carbonyl (C=O) groups is 2. The smallest absolute Gasteiger partial charge is 0.355 e. The molecule has 2 N–H and O–H groups in total. The monoisotopic (exact) mass is 445 g/mol. The van der Waals surface area contributed by atoms with Crippen LogP contribution in [0.4, 0.5) is 5.69 Å². The number of anilines is 1. The molecule has 1 unspecified atom stereocenters. The fraction of sp³-hybridized carbons (Fsp3) is 0.269. The van der Waals surface area contributed by atoms with E-state index < -0.39 is 17.9 Å². The van der Waals surface area contributed by atoms with Gasteiger partial charge in [-0.25, -0.2) is 9.59 Å². The quantitative estimate of drug-likeness (QED) is 0.712. The summed E-state index contributed by atoms with van der Waals surface area (Å²) in [6.07, 6.45) is 0. The fourth-order valence-corrected chi connectivity index (χ4v) is 4.07. The Kier molecular flexibility index (Phi) is 6.59. The molecular formula is C26H27N3O4. The third kappa shape index (κ3) is 4.20. The first kappa shape index (κ1) is 23.6. The number of nitriles is 1. The largest absolute Gasteiger partial charge is 0.466 e. The Morgan fingerprint density at radius 1 is 0.970 bits per heavy atom. The third-order valence-electron chi connectivity index (χ3n) is 5.56. The summed E-state index contributed by atoms with van der Waals surface area (Å²) >= 11 is 0. The zero-order valence-corrected chi connectivity index (χ0v) is 19.4. The van der Waals surface area contributed by atoms with Gasteiger partial charge in [0, 0.05) is 0 Å². The van der Waals surface area contributed by atoms with Gasteiger partial charge >= 0.3 is 11.9 Å². The Bertz CT molecular complexity index is 1180. The standard InChI is InChI=1S/C26H27N3O4/c1-26(2,3)18-13-9-10-14-19(18)29-22(25(31)33-5)21(24(30)32-4)20(17(15-27)23(29)28)16-11-7-6-8-12-16/h6-14,20H,28H2,1-5H3. The van der Waals surface area contributed by atoms with E-state index in [1.54, 1.807) is 36.4 Å². The van der Waals surface area contributed by atoms with Crippen LogP contribution < -0.4 is 10.6 Å². The zero-order chi connectivity index (χ0) is 24.3. The number of benzene rings is 2. The molecule has 0 amide bonds. The zero-order valence-electron chi connectivity index (χ0n) is 19.4. The summed E-state index contributed by atoms with van der Waals surface area (Å²) in [5.74, 6) is -2.35. The molecule has 7 nitrogen and oxygen atoms in total. The van der Waals surface area contributed by atoms with Gasteiger partial charge < -0.3 is 15.2 Å². The van der Waals surface area contributed by atoms with Gasteiger partial charge in [0.1, 0.15) is 11.5 Å². The summed E-state index contributed by atoms with van der Waals surface area (Å²) in [5.41, 5.74) is 8.37. The molecule has 2 aromatic carbocycles. The Morgan fingerprint density at radius 3 is 2.09 bits per heavy atom. The molecule has 0 aliphatic carbocycles. The number of para-hydroxylation sites is 1. The predicted molar refractivity (Wildman–Crippen MR) is 125 cm³/mol. The topological polar surface area (TPSA) is 106 Å². The van der Waals surface area contributed by atoms with Gasteiger partial charge in [-0.3, -0.25) is 4.90 Å². The van der Waals surface area contributed by atoms with Crippen LogP contribution >= 0.6 is 0 Å². The second-order valence-corrected chi connectivity index (χ2v) is 8.60. The SMILES string of the molecule is COC(=O)C1=C(C(=O)OC)N(c2ccccc2C(C)(C)C)C(N)=C(C#N)C1c1ccccc1. The number of nitrogens with two attached hydrogens (primary N) is 1. The van der Waals surface area contributed by atoms with Crippen LogP contribution in [0.1, 0.15) is 37.8 Å². The van der Waals surface area contributed by atoms with Crippen molar-refractivity contribution in [1.82, 2.24) is 0 Å². The molecule has 0 fully saturated rings. The van der Waals surface area contributed by atoms with Crippen molar-refractivity contribution in [3.8, 4) is 6.07 Å². The minimum atomic E-state index is -0.893. The van der Waals surface area contributed by atoms with Gasteiger partial charge in [-0.15, -0.1) is 0 Å². The molecular weight excluding hydrogens is 418 g/mol. The first-order chi connectivity index (χ1) is 15.7. The number of ether oxygens (including phenoxy) is 2. The van der Waals surface area contributed by atoms with Gasteiger partial charge in [0.25, 0.3) is 0 Å². The summed E-state index contributed by atoms with van der Waals surface area (Å²) in [4.78, 5) is 27.7. The average molecular weight is 446 g/mol. The maximum Gasteiger partial charge on any atom is 0.355 e. The van der Waals surface area contributed by atoms with E-state index in [4.69, 9.17) is 15.2 Å². The summed E-state index contributed by atoms with van der Waals surface area (Å²) in [7, 11) is 2.46. The Balaban J connectivity index is 2.47. The highest BCUT2D eigenvalue weighted by Gasteiger charge is 2.43. The molecule has 1 heterocycles. The average Bonchev–Trinajstić information content (AvgIpc) is 2.82. The van der Waals surface area contributed by atoms with E-state index in [-0.39, 0.29) is 28.1 Å². The lowest BCUT2D eigenvalue weighted by molar-refractivity contribution is -0.139. The van der Waals surface area contributed by atoms with Gasteiger partial charge in [0.05, 0.1) is 43.0 Å². The number of carbonyl (C=O) groups excluding carboxylic acids is 2. The highest BCUT2D eigenvalue weighted by Crippen LogP contribution is 2.45. The highest BCUT2D eigenvalue weighted by molar-refractivity contribution is 6.06. The van der Waals surface area contributed by atoms with Crippen LogP contribution in [0.3, 0.4) is 0 Å². The van der Waals surface area contributed by atoms with Crippen molar-refractivity contribution in [3.05, 3.63) is 88.4 Å². The Labute approximate surface area is 193 Å². The normalized spacial score (nSPS) is 16.4. The van der Waals surface area contributed by atoms with Gasteiger partial charge in [0.15, 0.2) is 0 Å². The molecule has 1 atom stereocenters. The van der Waals surface area contributed by atoms with Crippen LogP contribution in [-0.4, -0.2) is 26.2 Å². The second kappa shape index (κ2) is 9.21. The first-order valence-corrected chi connectivity index (χ1v) is 10.4. The van der Waals surface area contributed by atoms with Crippen LogP contribution in [-0.2, 0) is 24.5 Å². The number of rotatable bonds is 4. The number of hydrogen-bond acceptors (Lipinski definition) is 7. The minimum absolute atomic E-state index is 0.00925. The molecule has 0 radical (unpaired) electrons. The number of nitrogens with zero attached hydrogens (tertiary/aromatic N) is 2. The molecule has 0 saturated heterocycles. The first-order valence-electron chi connectivity index (χ1n) is 10.4. The molecule has 170 valence electrons. The number of hydrogen-bond donors (Lipinski definition) is 1. The lowest BCUT2D eigenvalue weighted by Gasteiger charge is -2.38. The van der Waals surface area contributed by atoms with E-state index in [1.165, 1.54) is 19.1 Å². The van der Waals surface area contributed by atoms with Crippen molar-refractivity contribution >= 4 is 17.6 Å². The number of esters is 2. The fourth-order valence-electron chi connectivity index (χ4n) is 4.07. The number of methoxy groups -OCH3 is 2. The van der Waals surface area contributed by atoms with E-state index >= 15 is 0 Å². The summed E-state index contributed by atoms with van der Waals surface area (Å²) in [6.45, 7) is 6.07. The van der Waals surface area contributed by atoms with Gasteiger partial charge in [-0.2, -0.15) is 5.26 Å². The van der Waals surface area contributed by atoms with Crippen LogP contribution in [0, 0.1) is 11.3 Å². The van der Waals surface area contributed by atoms with Crippen LogP contribution in [0.2, 0.25) is 0 Å². The van der Waals surface area contributed by atoms with Gasteiger partial charge in [-0.05, 0) is 22.6 Å². The third-order valence-corrected chi connectivity index (χ3v) is 5.56. The molecule has 1 aliphatic heterocycles. The minimum Gasteiger partial charge on any atom is -0.466 e. The summed E-state index contributed by atoms with van der Waals surface area (Å²) < 4.78 is 10.2. The maximum atomic E-state index is 13.2. The lowest BCUT2D eigenvalue weighted by atomic mass is 9.80. The van der Waals surface area contributed by atoms with E-state index in [0.29, 0.717) is 11.3 Å². The molecule has 7 heteroatoms. The van der Waals surface area contributed by atoms with Crippen LogP contribution in [0.25, 0.3) is 0 Å². The molecule has 33 heavy (non-hydrogen) atoms. The molecule has 1 aliphatic rings. The van der Waals surface area contributed by atoms with Crippen molar-refractivity contribution in [2.75, 3.05) is 19.1 Å². The molecule has 0 saturated carbocycles. The molecule has 0 aromatic heterocycles. The predicted octanol–water partition coefficient (Wildman–Crippen LogP) is 3.88. The molecule has 0 spiro atoms. The second-order valence-electron chi connectivity index (χ2n) is 8.60. The van der Waals surface area contributed by atoms with Crippen LogP contribution in [0.5, 0.6) is 0 Å². The van der Waals surface area contributed by atoms with Crippen molar-refractivity contribution in [2.45, 2.75) is 32.1 Å². The van der Waals surface area contributed by atoms with Crippen molar-refractivity contribution < 1.29 is 19.1 Å². The molecule has 2 aromatic rings. The summed E-state index contributed by atoms with van der Waals surface area (Å²) in [6, 6.07) is 18.5. The molecule has 0 bridgehead atoms. The van der Waals surface area contributed by atoms with Crippen molar-refractivity contribution in [3.63, 3.8) is 0 Å². The Hall–Kier alpha value is -4.05. The lowest BCUT2D eigenvalue weighted by Crippen LogP contribution is -2.41. The van der Waals surface area contributed by atoms with Crippen LogP contribution in [0.15, 0.2) is 77.3 Å². The van der Waals surface area contributed by atoms with E-state index in [1.807, 2.05) is 39.0 Å². The van der Waals surface area contributed by atoms with Crippen molar-refractivity contribution in [2.24, 2.45) is 5.73 Å².